The summed E-state index contributed by atoms with van der Waals surface area (Å²) in [6.07, 6.45) is -3.93. The fraction of sp³-hybridized carbons (Fsp3) is 0.308. The average molecular weight is 481 g/mol. The second-order valence-corrected chi connectivity index (χ2v) is 9.64. The molecule has 5 rings (SSSR count). The minimum Gasteiger partial charge on any atom is -0.454 e. The molecule has 0 radical (unpaired) electrons. The van der Waals surface area contributed by atoms with Gasteiger partial charge in [0.15, 0.2) is 17.3 Å². The van der Waals surface area contributed by atoms with E-state index in [1.54, 1.807) is 18.2 Å². The summed E-state index contributed by atoms with van der Waals surface area (Å²) in [5.74, 6) is 0.102. The van der Waals surface area contributed by atoms with E-state index < -0.39 is 23.1 Å². The second kappa shape index (κ2) is 7.80. The van der Waals surface area contributed by atoms with Crippen LogP contribution in [-0.2, 0) is 11.0 Å². The summed E-state index contributed by atoms with van der Waals surface area (Å²) in [5.41, 5.74) is 6.95. The summed E-state index contributed by atoms with van der Waals surface area (Å²) in [6, 6.07) is 12.0. The minimum atomic E-state index is -4.56. The molecule has 0 fully saturated rings. The Hall–Kier alpha value is -3.93. The third-order valence-electron chi connectivity index (χ3n) is 6.54. The van der Waals surface area contributed by atoms with Crippen molar-refractivity contribution >= 4 is 11.5 Å². The van der Waals surface area contributed by atoms with Crippen LogP contribution in [0.15, 0.2) is 65.1 Å². The molecule has 2 aromatic rings. The molecule has 0 saturated carbocycles. The van der Waals surface area contributed by atoms with E-state index in [-0.39, 0.29) is 36.1 Å². The Balaban J connectivity index is 1.74. The lowest BCUT2D eigenvalue weighted by Gasteiger charge is -2.43. The van der Waals surface area contributed by atoms with Gasteiger partial charge in [0, 0.05) is 23.4 Å². The van der Waals surface area contributed by atoms with Crippen molar-refractivity contribution in [3.8, 4) is 17.6 Å². The molecule has 0 bridgehead atoms. The second-order valence-electron chi connectivity index (χ2n) is 9.64. The van der Waals surface area contributed by atoms with Gasteiger partial charge < -0.3 is 15.2 Å². The van der Waals surface area contributed by atoms with Gasteiger partial charge >= 0.3 is 6.18 Å². The predicted octanol–water partition coefficient (Wildman–Crippen LogP) is 5.37. The van der Waals surface area contributed by atoms with Gasteiger partial charge in [-0.1, -0.05) is 26.0 Å². The fourth-order valence-corrected chi connectivity index (χ4v) is 5.05. The molecule has 0 spiro atoms. The molecular formula is C26H22F3N3O3. The number of carbonyl (C=O) groups is 1. The van der Waals surface area contributed by atoms with Gasteiger partial charge in [-0.15, -0.1) is 0 Å². The lowest BCUT2D eigenvalue weighted by atomic mass is 9.68. The Morgan fingerprint density at radius 2 is 1.86 bits per heavy atom. The van der Waals surface area contributed by atoms with Crippen LogP contribution in [0.5, 0.6) is 11.5 Å². The Labute approximate surface area is 200 Å². The smallest absolute Gasteiger partial charge is 0.416 e. The quantitative estimate of drug-likeness (QED) is 0.620. The van der Waals surface area contributed by atoms with Crippen LogP contribution in [0.3, 0.4) is 0 Å². The van der Waals surface area contributed by atoms with Crippen molar-refractivity contribution in [3.63, 3.8) is 0 Å². The van der Waals surface area contributed by atoms with Crippen molar-refractivity contribution in [3.05, 3.63) is 76.3 Å². The molecule has 6 nitrogen and oxygen atoms in total. The van der Waals surface area contributed by atoms with E-state index in [1.165, 1.54) is 17.0 Å². The first-order valence-corrected chi connectivity index (χ1v) is 11.0. The topological polar surface area (TPSA) is 88.6 Å². The number of anilines is 1. The number of benzene rings is 2. The molecule has 1 atom stereocenters. The van der Waals surface area contributed by atoms with Gasteiger partial charge in [0.1, 0.15) is 5.82 Å². The highest BCUT2D eigenvalue weighted by Crippen LogP contribution is 2.51. The minimum absolute atomic E-state index is 0.00117. The summed E-state index contributed by atoms with van der Waals surface area (Å²) in [6.45, 7) is 3.92. The number of rotatable bonds is 2. The third kappa shape index (κ3) is 3.79. The number of nitrogens with two attached hydrogens (primary N) is 1. The monoisotopic (exact) mass is 481 g/mol. The normalized spacial score (nSPS) is 21.2. The average Bonchev–Trinajstić information content (AvgIpc) is 3.25. The summed E-state index contributed by atoms with van der Waals surface area (Å²) < 4.78 is 51.3. The number of hydrogen-bond acceptors (Lipinski definition) is 6. The van der Waals surface area contributed by atoms with Crippen molar-refractivity contribution in [2.45, 2.75) is 38.8 Å². The Morgan fingerprint density at radius 1 is 1.11 bits per heavy atom. The Kier molecular flexibility index (Phi) is 5.09. The van der Waals surface area contributed by atoms with Crippen LogP contribution in [0, 0.1) is 16.7 Å². The highest BCUT2D eigenvalue weighted by Gasteiger charge is 2.45. The van der Waals surface area contributed by atoms with Gasteiger partial charge in [0.25, 0.3) is 0 Å². The molecule has 3 aliphatic rings. The highest BCUT2D eigenvalue weighted by molar-refractivity contribution is 6.01. The zero-order valence-electron chi connectivity index (χ0n) is 19.1. The number of fused-ring (bicyclic) bond motifs is 1. The molecule has 0 aromatic heterocycles. The molecule has 0 unspecified atom stereocenters. The largest absolute Gasteiger partial charge is 0.454 e. The Morgan fingerprint density at radius 3 is 2.57 bits per heavy atom. The summed E-state index contributed by atoms with van der Waals surface area (Å²) in [4.78, 5) is 15.0. The number of hydrogen-bond donors (Lipinski definition) is 1. The molecule has 2 heterocycles. The van der Waals surface area contributed by atoms with Crippen molar-refractivity contribution in [2.24, 2.45) is 11.1 Å². The van der Waals surface area contributed by atoms with E-state index in [4.69, 9.17) is 15.2 Å². The number of carbonyl (C=O) groups excluding carboxylic acids is 1. The zero-order valence-corrected chi connectivity index (χ0v) is 19.1. The van der Waals surface area contributed by atoms with Gasteiger partial charge in [-0.2, -0.15) is 18.4 Å². The molecule has 0 amide bonds. The van der Waals surface area contributed by atoms with Gasteiger partial charge in [-0.25, -0.2) is 0 Å². The van der Waals surface area contributed by atoms with Crippen LogP contribution in [0.25, 0.3) is 0 Å². The van der Waals surface area contributed by atoms with Crippen LogP contribution in [0.1, 0.15) is 43.7 Å². The van der Waals surface area contributed by atoms with Gasteiger partial charge in [0.05, 0.1) is 23.1 Å². The van der Waals surface area contributed by atoms with Gasteiger partial charge in [-0.05, 0) is 47.7 Å². The first-order chi connectivity index (χ1) is 16.5. The number of ketones is 1. The van der Waals surface area contributed by atoms with Crippen molar-refractivity contribution in [1.29, 1.82) is 5.26 Å². The van der Waals surface area contributed by atoms with E-state index in [0.29, 0.717) is 34.8 Å². The standard InChI is InChI=1S/C26H22F3N3O3/c1-25(2)10-18-23(19(33)11-25)22(14-6-7-20-21(8-14)35-13-34-20)17(12-30)24(31)32(18)16-5-3-4-15(9-16)26(27,28)29/h3-9,22H,10-11,13,31H2,1-2H3/t22-/m0/s1. The number of ether oxygens (including phenoxy) is 2. The van der Waals surface area contributed by atoms with E-state index >= 15 is 0 Å². The Bertz CT molecular complexity index is 1350. The predicted molar refractivity (Wildman–Crippen MR) is 121 cm³/mol. The van der Waals surface area contributed by atoms with Crippen LogP contribution >= 0.6 is 0 Å². The van der Waals surface area contributed by atoms with E-state index in [1.807, 2.05) is 13.8 Å². The fourth-order valence-electron chi connectivity index (χ4n) is 5.05. The zero-order chi connectivity index (χ0) is 25.1. The lowest BCUT2D eigenvalue weighted by molar-refractivity contribution is -0.137. The maximum absolute atomic E-state index is 13.5. The molecule has 180 valence electrons. The molecule has 2 aliphatic heterocycles. The highest BCUT2D eigenvalue weighted by atomic mass is 19.4. The third-order valence-corrected chi connectivity index (χ3v) is 6.54. The van der Waals surface area contributed by atoms with Crippen LogP contribution < -0.4 is 20.1 Å². The molecule has 9 heteroatoms. The summed E-state index contributed by atoms with van der Waals surface area (Å²) in [5, 5.41) is 10.1. The van der Waals surface area contributed by atoms with Crippen molar-refractivity contribution < 1.29 is 27.4 Å². The first kappa shape index (κ1) is 22.8. The van der Waals surface area contributed by atoms with Gasteiger partial charge in [-0.3, -0.25) is 9.69 Å². The number of alkyl halides is 3. The molecule has 35 heavy (non-hydrogen) atoms. The van der Waals surface area contributed by atoms with E-state index in [2.05, 4.69) is 6.07 Å². The molecular weight excluding hydrogens is 459 g/mol. The van der Waals surface area contributed by atoms with E-state index in [9.17, 15) is 23.2 Å². The number of allylic oxidation sites excluding steroid dienone is 3. The molecule has 0 saturated heterocycles. The number of nitriles is 1. The maximum atomic E-state index is 13.5. The van der Waals surface area contributed by atoms with Crippen molar-refractivity contribution in [1.82, 2.24) is 0 Å². The number of halogens is 3. The molecule has 1 aliphatic carbocycles. The van der Waals surface area contributed by atoms with Crippen LogP contribution in [0.2, 0.25) is 0 Å². The first-order valence-electron chi connectivity index (χ1n) is 11.0. The maximum Gasteiger partial charge on any atom is 0.416 e. The summed E-state index contributed by atoms with van der Waals surface area (Å²) in [7, 11) is 0. The number of Topliss-reactive ketones (excluding diaryl/α,β-unsaturated/α-hetero) is 1. The summed E-state index contributed by atoms with van der Waals surface area (Å²) >= 11 is 0. The van der Waals surface area contributed by atoms with Gasteiger partial charge in [0.2, 0.25) is 6.79 Å². The molecule has 2 aromatic carbocycles. The SMILES string of the molecule is CC1(C)CC(=O)C2=C(C1)N(c1cccc(C(F)(F)F)c1)C(N)=C(C#N)[C@@H]2c1ccc2c(c1)OCO2. The van der Waals surface area contributed by atoms with E-state index in [0.717, 1.165) is 12.1 Å². The molecule has 2 N–H and O–H groups in total. The van der Waals surface area contributed by atoms with Crippen LogP contribution in [-0.4, -0.2) is 12.6 Å². The van der Waals surface area contributed by atoms with Crippen LogP contribution in [0.4, 0.5) is 18.9 Å². The number of nitrogens with zero attached hydrogens (tertiary/aromatic N) is 2. The lowest BCUT2D eigenvalue weighted by Crippen LogP contribution is -2.42. The van der Waals surface area contributed by atoms with Crippen molar-refractivity contribution in [2.75, 3.05) is 11.7 Å².